The molecule has 5 heteroatoms. The van der Waals surface area contributed by atoms with E-state index in [2.05, 4.69) is 5.10 Å². The Hall–Kier alpha value is -1.85. The van der Waals surface area contributed by atoms with Crippen LogP contribution >= 0.6 is 0 Å². The van der Waals surface area contributed by atoms with Crippen LogP contribution < -0.4 is 4.74 Å². The van der Waals surface area contributed by atoms with Crippen molar-refractivity contribution in [3.8, 4) is 5.75 Å². The average Bonchev–Trinajstić information content (AvgIpc) is 2.92. The molecule has 2 rings (SSSR count). The first-order valence-electron chi connectivity index (χ1n) is 6.14. The summed E-state index contributed by atoms with van der Waals surface area (Å²) < 4.78 is 12.4. The van der Waals surface area contributed by atoms with E-state index in [0.29, 0.717) is 13.2 Å². The van der Waals surface area contributed by atoms with Crippen molar-refractivity contribution in [1.82, 2.24) is 9.78 Å². The number of benzene rings is 1. The van der Waals surface area contributed by atoms with Gasteiger partial charge in [0.1, 0.15) is 5.75 Å². The van der Waals surface area contributed by atoms with E-state index < -0.39 is 6.10 Å². The lowest BCUT2D eigenvalue weighted by molar-refractivity contribution is 0.0181. The first kappa shape index (κ1) is 13.6. The number of aliphatic hydroxyl groups is 1. The van der Waals surface area contributed by atoms with E-state index in [1.807, 2.05) is 36.5 Å². The van der Waals surface area contributed by atoms with Crippen LogP contribution in [-0.2, 0) is 17.9 Å². The van der Waals surface area contributed by atoms with E-state index in [-0.39, 0.29) is 6.61 Å². The van der Waals surface area contributed by atoms with Gasteiger partial charge in [-0.15, -0.1) is 0 Å². The standard InChI is InChI=1S/C14H18N2O3/c1-18-14-6-3-2-5-12(14)10-19-11-13(17)9-16-8-4-7-15-16/h2-8,13,17H,9-11H2,1H3. The van der Waals surface area contributed by atoms with Crippen LogP contribution in [0.3, 0.4) is 0 Å². The van der Waals surface area contributed by atoms with Crippen molar-refractivity contribution in [3.63, 3.8) is 0 Å². The second kappa shape index (κ2) is 6.92. The highest BCUT2D eigenvalue weighted by atomic mass is 16.5. The van der Waals surface area contributed by atoms with Gasteiger partial charge in [-0.1, -0.05) is 18.2 Å². The SMILES string of the molecule is COc1ccccc1COCC(O)Cn1cccn1. The highest BCUT2D eigenvalue weighted by Crippen LogP contribution is 2.17. The Morgan fingerprint density at radius 2 is 2.16 bits per heavy atom. The Kier molecular flexibility index (Phi) is 4.94. The fraction of sp³-hybridized carbons (Fsp3) is 0.357. The third-order valence-electron chi connectivity index (χ3n) is 2.72. The normalized spacial score (nSPS) is 12.3. The average molecular weight is 262 g/mol. The minimum absolute atomic E-state index is 0.262. The van der Waals surface area contributed by atoms with Crippen LogP contribution in [0.5, 0.6) is 5.75 Å². The second-order valence-electron chi connectivity index (χ2n) is 4.21. The monoisotopic (exact) mass is 262 g/mol. The molecule has 5 nitrogen and oxygen atoms in total. The summed E-state index contributed by atoms with van der Waals surface area (Å²) in [4.78, 5) is 0. The van der Waals surface area contributed by atoms with Crippen molar-refractivity contribution in [3.05, 3.63) is 48.3 Å². The van der Waals surface area contributed by atoms with Gasteiger partial charge < -0.3 is 14.6 Å². The van der Waals surface area contributed by atoms with Crippen LogP contribution in [0.15, 0.2) is 42.7 Å². The van der Waals surface area contributed by atoms with Gasteiger partial charge in [0.2, 0.25) is 0 Å². The summed E-state index contributed by atoms with van der Waals surface area (Å²) in [7, 11) is 1.63. The number of aromatic nitrogens is 2. The van der Waals surface area contributed by atoms with E-state index in [4.69, 9.17) is 9.47 Å². The zero-order valence-electron chi connectivity index (χ0n) is 10.9. The Labute approximate surface area is 112 Å². The lowest BCUT2D eigenvalue weighted by Gasteiger charge is -2.12. The molecule has 1 N–H and O–H groups in total. The molecule has 1 aromatic carbocycles. The zero-order chi connectivity index (χ0) is 13.5. The summed E-state index contributed by atoms with van der Waals surface area (Å²) in [5, 5.41) is 13.8. The van der Waals surface area contributed by atoms with Gasteiger partial charge in [-0.05, 0) is 12.1 Å². The molecule has 0 amide bonds. The molecule has 0 aliphatic heterocycles. The Morgan fingerprint density at radius 3 is 2.89 bits per heavy atom. The third-order valence-corrected chi connectivity index (χ3v) is 2.72. The van der Waals surface area contributed by atoms with Crippen molar-refractivity contribution in [2.24, 2.45) is 0 Å². The quantitative estimate of drug-likeness (QED) is 0.821. The molecule has 0 fully saturated rings. The van der Waals surface area contributed by atoms with Crippen molar-refractivity contribution < 1.29 is 14.6 Å². The molecule has 0 saturated heterocycles. The highest BCUT2D eigenvalue weighted by Gasteiger charge is 2.07. The molecule has 102 valence electrons. The molecule has 0 bridgehead atoms. The van der Waals surface area contributed by atoms with Crippen LogP contribution in [0.25, 0.3) is 0 Å². The van der Waals surface area contributed by atoms with E-state index in [0.717, 1.165) is 11.3 Å². The maximum Gasteiger partial charge on any atom is 0.124 e. The van der Waals surface area contributed by atoms with Crippen LogP contribution in [0, 0.1) is 0 Å². The molecule has 19 heavy (non-hydrogen) atoms. The van der Waals surface area contributed by atoms with E-state index in [1.165, 1.54) is 0 Å². The first-order chi connectivity index (χ1) is 9.29. The van der Waals surface area contributed by atoms with Gasteiger partial charge in [0.05, 0.1) is 33.0 Å². The summed E-state index contributed by atoms with van der Waals surface area (Å²) in [5.41, 5.74) is 0.969. The molecule has 1 heterocycles. The number of hydrogen-bond acceptors (Lipinski definition) is 4. The fourth-order valence-electron chi connectivity index (χ4n) is 1.80. The van der Waals surface area contributed by atoms with Crippen molar-refractivity contribution in [2.45, 2.75) is 19.3 Å². The zero-order valence-corrected chi connectivity index (χ0v) is 10.9. The molecule has 0 aliphatic rings. The summed E-state index contributed by atoms with van der Waals surface area (Å²) in [6.07, 6.45) is 2.92. The van der Waals surface area contributed by atoms with Crippen LogP contribution in [-0.4, -0.2) is 34.7 Å². The topological polar surface area (TPSA) is 56.5 Å². The van der Waals surface area contributed by atoms with Gasteiger partial charge in [-0.3, -0.25) is 4.68 Å². The maximum absolute atomic E-state index is 9.81. The van der Waals surface area contributed by atoms with Gasteiger partial charge in [-0.25, -0.2) is 0 Å². The summed E-state index contributed by atoms with van der Waals surface area (Å²) in [6, 6.07) is 9.50. The molecule has 1 unspecified atom stereocenters. The lowest BCUT2D eigenvalue weighted by atomic mass is 10.2. The molecule has 0 aliphatic carbocycles. The van der Waals surface area contributed by atoms with Crippen LogP contribution in [0.2, 0.25) is 0 Å². The predicted octanol–water partition coefficient (Wildman–Crippen LogP) is 1.47. The Bertz CT molecular complexity index is 485. The van der Waals surface area contributed by atoms with Crippen molar-refractivity contribution >= 4 is 0 Å². The maximum atomic E-state index is 9.81. The van der Waals surface area contributed by atoms with E-state index >= 15 is 0 Å². The number of nitrogens with zero attached hydrogens (tertiary/aromatic N) is 2. The fourth-order valence-corrected chi connectivity index (χ4v) is 1.80. The van der Waals surface area contributed by atoms with Gasteiger partial charge in [0.25, 0.3) is 0 Å². The van der Waals surface area contributed by atoms with E-state index in [9.17, 15) is 5.11 Å². The number of rotatable bonds is 7. The molecular formula is C14H18N2O3. The lowest BCUT2D eigenvalue weighted by Crippen LogP contribution is -2.22. The number of ether oxygens (including phenoxy) is 2. The highest BCUT2D eigenvalue weighted by molar-refractivity contribution is 5.32. The van der Waals surface area contributed by atoms with Gasteiger partial charge >= 0.3 is 0 Å². The molecule has 1 atom stereocenters. The number of para-hydroxylation sites is 1. The van der Waals surface area contributed by atoms with Crippen LogP contribution in [0.4, 0.5) is 0 Å². The van der Waals surface area contributed by atoms with Gasteiger partial charge in [-0.2, -0.15) is 5.10 Å². The molecular weight excluding hydrogens is 244 g/mol. The van der Waals surface area contributed by atoms with Gasteiger partial charge in [0.15, 0.2) is 0 Å². The molecule has 2 aromatic rings. The molecule has 0 saturated carbocycles. The number of methoxy groups -OCH3 is 1. The van der Waals surface area contributed by atoms with Crippen LogP contribution in [0.1, 0.15) is 5.56 Å². The van der Waals surface area contributed by atoms with Crippen molar-refractivity contribution in [1.29, 1.82) is 0 Å². The minimum atomic E-state index is -0.574. The van der Waals surface area contributed by atoms with E-state index in [1.54, 1.807) is 18.0 Å². The van der Waals surface area contributed by atoms with Gasteiger partial charge in [0, 0.05) is 18.0 Å². The number of aliphatic hydroxyl groups excluding tert-OH is 1. The smallest absolute Gasteiger partial charge is 0.124 e. The predicted molar refractivity (Wildman–Crippen MR) is 70.9 cm³/mol. The third kappa shape index (κ3) is 4.08. The summed E-state index contributed by atoms with van der Waals surface area (Å²) in [6.45, 7) is 1.11. The minimum Gasteiger partial charge on any atom is -0.496 e. The molecule has 0 spiro atoms. The Morgan fingerprint density at radius 1 is 1.32 bits per heavy atom. The number of hydrogen-bond donors (Lipinski definition) is 1. The molecule has 1 aromatic heterocycles. The largest absolute Gasteiger partial charge is 0.496 e. The summed E-state index contributed by atoms with van der Waals surface area (Å²) in [5.74, 6) is 0.795. The molecule has 0 radical (unpaired) electrons. The Balaban J connectivity index is 1.76. The first-order valence-corrected chi connectivity index (χ1v) is 6.14. The second-order valence-corrected chi connectivity index (χ2v) is 4.21. The van der Waals surface area contributed by atoms with Crippen molar-refractivity contribution in [2.75, 3.05) is 13.7 Å². The summed E-state index contributed by atoms with van der Waals surface area (Å²) >= 11 is 0.